The first kappa shape index (κ1) is 15.4. The van der Waals surface area contributed by atoms with Crippen LogP contribution in [0.5, 0.6) is 0 Å². The fraction of sp³-hybridized carbons (Fsp3) is 0.235. The van der Waals surface area contributed by atoms with Gasteiger partial charge in [0, 0.05) is 11.7 Å². The van der Waals surface area contributed by atoms with E-state index in [0.29, 0.717) is 16.3 Å². The van der Waals surface area contributed by atoms with Crippen LogP contribution in [0.15, 0.2) is 42.5 Å². The number of benzene rings is 2. The molecule has 0 bridgehead atoms. The molecule has 0 saturated carbocycles. The summed E-state index contributed by atoms with van der Waals surface area (Å²) in [5.41, 5.74) is 9.08. The van der Waals surface area contributed by atoms with Gasteiger partial charge in [-0.05, 0) is 49.6 Å². The standard InChI is InChI=1S/C17H19ClN2O/c1-11-5-3-4-6-13(11)9-12(2)20-17(21)15-8-7-14(19)10-16(15)18/h3-8,10,12H,9,19H2,1-2H3,(H,20,21). The number of carbonyl (C=O) groups excluding carboxylic acids is 1. The second-order valence-electron chi connectivity index (χ2n) is 5.24. The predicted molar refractivity (Wildman–Crippen MR) is 87.7 cm³/mol. The van der Waals surface area contributed by atoms with E-state index >= 15 is 0 Å². The summed E-state index contributed by atoms with van der Waals surface area (Å²) in [5.74, 6) is -0.180. The van der Waals surface area contributed by atoms with Crippen molar-refractivity contribution < 1.29 is 4.79 Å². The van der Waals surface area contributed by atoms with Gasteiger partial charge in [0.25, 0.3) is 5.91 Å². The molecule has 1 unspecified atom stereocenters. The van der Waals surface area contributed by atoms with Crippen molar-refractivity contribution in [3.8, 4) is 0 Å². The van der Waals surface area contributed by atoms with E-state index in [1.165, 1.54) is 11.1 Å². The molecule has 0 aliphatic heterocycles. The highest BCUT2D eigenvalue weighted by molar-refractivity contribution is 6.34. The maximum Gasteiger partial charge on any atom is 0.253 e. The van der Waals surface area contributed by atoms with E-state index in [0.717, 1.165) is 6.42 Å². The molecule has 0 fully saturated rings. The van der Waals surface area contributed by atoms with Crippen LogP contribution in [0.2, 0.25) is 5.02 Å². The molecule has 1 atom stereocenters. The van der Waals surface area contributed by atoms with Crippen molar-refractivity contribution in [3.63, 3.8) is 0 Å². The molecule has 4 heteroatoms. The van der Waals surface area contributed by atoms with Crippen LogP contribution in [-0.2, 0) is 6.42 Å². The Balaban J connectivity index is 2.04. The number of aryl methyl sites for hydroxylation is 1. The Morgan fingerprint density at radius 2 is 2.00 bits per heavy atom. The highest BCUT2D eigenvalue weighted by Gasteiger charge is 2.14. The molecule has 3 nitrogen and oxygen atoms in total. The number of nitrogens with one attached hydrogen (secondary N) is 1. The molecule has 0 heterocycles. The van der Waals surface area contributed by atoms with Crippen LogP contribution >= 0.6 is 11.6 Å². The molecule has 3 N–H and O–H groups in total. The third kappa shape index (κ3) is 3.99. The number of rotatable bonds is 4. The maximum atomic E-state index is 12.2. The normalized spacial score (nSPS) is 12.0. The molecule has 2 rings (SSSR count). The average Bonchev–Trinajstić information content (AvgIpc) is 2.41. The molecule has 110 valence electrons. The molecule has 0 radical (unpaired) electrons. The molecule has 0 aliphatic rings. The zero-order valence-corrected chi connectivity index (χ0v) is 12.9. The van der Waals surface area contributed by atoms with Gasteiger partial charge in [-0.15, -0.1) is 0 Å². The van der Waals surface area contributed by atoms with Crippen LogP contribution in [0.25, 0.3) is 0 Å². The van der Waals surface area contributed by atoms with Crippen molar-refractivity contribution in [1.29, 1.82) is 0 Å². The molecular weight excluding hydrogens is 284 g/mol. The van der Waals surface area contributed by atoms with Gasteiger partial charge in [0.2, 0.25) is 0 Å². The fourth-order valence-corrected chi connectivity index (χ4v) is 2.51. The first-order valence-corrected chi connectivity index (χ1v) is 7.25. The molecule has 2 aromatic carbocycles. The maximum absolute atomic E-state index is 12.2. The second-order valence-corrected chi connectivity index (χ2v) is 5.65. The first-order chi connectivity index (χ1) is 9.97. The summed E-state index contributed by atoms with van der Waals surface area (Å²) in [4.78, 5) is 12.2. The highest BCUT2D eigenvalue weighted by Crippen LogP contribution is 2.19. The van der Waals surface area contributed by atoms with Gasteiger partial charge in [0.05, 0.1) is 10.6 Å². The zero-order chi connectivity index (χ0) is 15.4. The van der Waals surface area contributed by atoms with E-state index in [2.05, 4.69) is 24.4 Å². The van der Waals surface area contributed by atoms with Crippen molar-refractivity contribution >= 4 is 23.2 Å². The van der Waals surface area contributed by atoms with Crippen LogP contribution in [0, 0.1) is 6.92 Å². The monoisotopic (exact) mass is 302 g/mol. The van der Waals surface area contributed by atoms with Crippen LogP contribution in [0.4, 0.5) is 5.69 Å². The summed E-state index contributed by atoms with van der Waals surface area (Å²) < 4.78 is 0. The minimum atomic E-state index is -0.180. The molecule has 0 spiro atoms. The first-order valence-electron chi connectivity index (χ1n) is 6.87. The molecule has 0 aliphatic carbocycles. The van der Waals surface area contributed by atoms with E-state index in [-0.39, 0.29) is 11.9 Å². The van der Waals surface area contributed by atoms with Crippen LogP contribution in [0.3, 0.4) is 0 Å². The number of nitrogens with two attached hydrogens (primary N) is 1. The van der Waals surface area contributed by atoms with Crippen molar-refractivity contribution in [3.05, 3.63) is 64.2 Å². The number of nitrogen functional groups attached to an aromatic ring is 1. The Morgan fingerprint density at radius 3 is 2.67 bits per heavy atom. The molecule has 21 heavy (non-hydrogen) atoms. The number of hydrogen-bond donors (Lipinski definition) is 2. The van der Waals surface area contributed by atoms with Gasteiger partial charge in [0.1, 0.15) is 0 Å². The summed E-state index contributed by atoms with van der Waals surface area (Å²) in [6, 6.07) is 13.1. The lowest BCUT2D eigenvalue weighted by Gasteiger charge is -2.16. The summed E-state index contributed by atoms with van der Waals surface area (Å²) >= 11 is 6.05. The van der Waals surface area contributed by atoms with Gasteiger partial charge in [-0.25, -0.2) is 0 Å². The lowest BCUT2D eigenvalue weighted by molar-refractivity contribution is 0.0940. The van der Waals surface area contributed by atoms with Crippen LogP contribution in [-0.4, -0.2) is 11.9 Å². The number of halogens is 1. The Morgan fingerprint density at radius 1 is 1.29 bits per heavy atom. The van der Waals surface area contributed by atoms with E-state index < -0.39 is 0 Å². The van der Waals surface area contributed by atoms with Crippen molar-refractivity contribution in [2.24, 2.45) is 0 Å². The summed E-state index contributed by atoms with van der Waals surface area (Å²) in [7, 11) is 0. The second kappa shape index (κ2) is 6.64. The lowest BCUT2D eigenvalue weighted by atomic mass is 10.0. The SMILES string of the molecule is Cc1ccccc1CC(C)NC(=O)c1ccc(N)cc1Cl. The van der Waals surface area contributed by atoms with Crippen molar-refractivity contribution in [2.45, 2.75) is 26.3 Å². The molecular formula is C17H19ClN2O. The minimum absolute atomic E-state index is 0.0206. The smallest absolute Gasteiger partial charge is 0.253 e. The number of anilines is 1. The van der Waals surface area contributed by atoms with Gasteiger partial charge in [-0.2, -0.15) is 0 Å². The summed E-state index contributed by atoms with van der Waals surface area (Å²) in [5, 5.41) is 3.34. The van der Waals surface area contributed by atoms with Gasteiger partial charge in [0.15, 0.2) is 0 Å². The highest BCUT2D eigenvalue weighted by atomic mass is 35.5. The molecule has 0 saturated heterocycles. The Kier molecular flexibility index (Phi) is 4.86. The average molecular weight is 303 g/mol. The number of hydrogen-bond acceptors (Lipinski definition) is 2. The Labute approximate surface area is 130 Å². The molecule has 0 aromatic heterocycles. The quantitative estimate of drug-likeness (QED) is 0.848. The van der Waals surface area contributed by atoms with Crippen molar-refractivity contribution in [2.75, 3.05) is 5.73 Å². The minimum Gasteiger partial charge on any atom is -0.399 e. The van der Waals surface area contributed by atoms with Gasteiger partial charge >= 0.3 is 0 Å². The van der Waals surface area contributed by atoms with Crippen LogP contribution < -0.4 is 11.1 Å². The van der Waals surface area contributed by atoms with E-state index in [9.17, 15) is 4.79 Å². The van der Waals surface area contributed by atoms with E-state index in [1.54, 1.807) is 18.2 Å². The van der Waals surface area contributed by atoms with Crippen LogP contribution in [0.1, 0.15) is 28.4 Å². The van der Waals surface area contributed by atoms with Gasteiger partial charge in [-0.3, -0.25) is 4.79 Å². The topological polar surface area (TPSA) is 55.1 Å². The van der Waals surface area contributed by atoms with E-state index in [1.807, 2.05) is 19.1 Å². The number of carbonyl (C=O) groups is 1. The van der Waals surface area contributed by atoms with Gasteiger partial charge < -0.3 is 11.1 Å². The lowest BCUT2D eigenvalue weighted by Crippen LogP contribution is -2.34. The Hall–Kier alpha value is -2.00. The van der Waals surface area contributed by atoms with Crippen molar-refractivity contribution in [1.82, 2.24) is 5.32 Å². The third-order valence-corrected chi connectivity index (χ3v) is 3.72. The third-order valence-electron chi connectivity index (χ3n) is 3.40. The summed E-state index contributed by atoms with van der Waals surface area (Å²) in [6.07, 6.45) is 0.783. The molecule has 2 aromatic rings. The molecule has 1 amide bonds. The summed E-state index contributed by atoms with van der Waals surface area (Å²) in [6.45, 7) is 4.05. The zero-order valence-electron chi connectivity index (χ0n) is 12.2. The van der Waals surface area contributed by atoms with Gasteiger partial charge in [-0.1, -0.05) is 35.9 Å². The fourth-order valence-electron chi connectivity index (χ4n) is 2.24. The number of amides is 1. The predicted octanol–water partition coefficient (Wildman–Crippen LogP) is 3.59. The Bertz CT molecular complexity index is 655. The van der Waals surface area contributed by atoms with E-state index in [4.69, 9.17) is 17.3 Å². The largest absolute Gasteiger partial charge is 0.399 e.